The molecule has 0 amide bonds. The molecular weight excluding hydrogens is 252 g/mol. The highest BCUT2D eigenvalue weighted by molar-refractivity contribution is 7.97. The Morgan fingerprint density at radius 2 is 2.17 bits per heavy atom. The van der Waals surface area contributed by atoms with Gasteiger partial charge >= 0.3 is 0 Å². The Morgan fingerprint density at radius 1 is 1.44 bits per heavy atom. The smallest absolute Gasteiger partial charge is 0.258 e. The largest absolute Gasteiger partial charge is 0.284 e. The molecule has 0 aromatic heterocycles. The van der Waals surface area contributed by atoms with E-state index in [9.17, 15) is 10.1 Å². The SMILES string of the molecule is N#CCCC(C#N)NSc1ccccc1[N+](=O)[O-]. The van der Waals surface area contributed by atoms with Gasteiger partial charge in [-0.15, -0.1) is 0 Å². The highest BCUT2D eigenvalue weighted by atomic mass is 32.2. The zero-order valence-corrected chi connectivity index (χ0v) is 10.2. The fraction of sp³-hybridized carbons (Fsp3) is 0.273. The Kier molecular flexibility index (Phi) is 5.65. The van der Waals surface area contributed by atoms with Crippen LogP contribution in [0, 0.1) is 32.8 Å². The van der Waals surface area contributed by atoms with Gasteiger partial charge in [-0.3, -0.25) is 10.1 Å². The monoisotopic (exact) mass is 262 g/mol. The van der Waals surface area contributed by atoms with Crippen molar-refractivity contribution in [2.75, 3.05) is 0 Å². The van der Waals surface area contributed by atoms with Gasteiger partial charge in [-0.2, -0.15) is 10.5 Å². The molecule has 1 rings (SSSR count). The lowest BCUT2D eigenvalue weighted by Gasteiger charge is -2.08. The van der Waals surface area contributed by atoms with Crippen LogP contribution in [-0.2, 0) is 0 Å². The van der Waals surface area contributed by atoms with Gasteiger partial charge in [0.15, 0.2) is 0 Å². The third kappa shape index (κ3) is 4.06. The Bertz CT molecular complexity index is 507. The van der Waals surface area contributed by atoms with E-state index in [0.717, 1.165) is 11.9 Å². The molecule has 0 heterocycles. The number of nitro benzene ring substituents is 1. The molecule has 0 saturated heterocycles. The lowest BCUT2D eigenvalue weighted by molar-refractivity contribution is -0.387. The molecule has 1 unspecified atom stereocenters. The van der Waals surface area contributed by atoms with Gasteiger partial charge in [-0.1, -0.05) is 12.1 Å². The first-order valence-corrected chi connectivity index (χ1v) is 5.93. The van der Waals surface area contributed by atoms with E-state index in [1.807, 2.05) is 12.1 Å². The van der Waals surface area contributed by atoms with E-state index in [1.165, 1.54) is 6.07 Å². The molecule has 6 nitrogen and oxygen atoms in total. The summed E-state index contributed by atoms with van der Waals surface area (Å²) in [6, 6.07) is 9.73. The average molecular weight is 262 g/mol. The molecule has 18 heavy (non-hydrogen) atoms. The summed E-state index contributed by atoms with van der Waals surface area (Å²) < 4.78 is 2.82. The van der Waals surface area contributed by atoms with E-state index >= 15 is 0 Å². The second-order valence-electron chi connectivity index (χ2n) is 3.32. The Hall–Kier alpha value is -2.09. The molecule has 7 heteroatoms. The Balaban J connectivity index is 2.66. The predicted molar refractivity (Wildman–Crippen MR) is 66.3 cm³/mol. The van der Waals surface area contributed by atoms with Crippen molar-refractivity contribution in [3.63, 3.8) is 0 Å². The minimum atomic E-state index is -0.505. The molecule has 0 fully saturated rings. The third-order valence-electron chi connectivity index (χ3n) is 2.07. The molecule has 1 atom stereocenters. The summed E-state index contributed by atoms with van der Waals surface area (Å²) in [5.41, 5.74) is -0.00743. The summed E-state index contributed by atoms with van der Waals surface area (Å²) in [5.74, 6) is 0. The molecule has 0 aliphatic heterocycles. The van der Waals surface area contributed by atoms with Crippen LogP contribution in [0.5, 0.6) is 0 Å². The first-order valence-electron chi connectivity index (χ1n) is 5.11. The summed E-state index contributed by atoms with van der Waals surface area (Å²) in [6.07, 6.45) is 0.656. The first-order chi connectivity index (χ1) is 8.69. The van der Waals surface area contributed by atoms with E-state index < -0.39 is 11.0 Å². The van der Waals surface area contributed by atoms with Gasteiger partial charge in [-0.05, 0) is 24.4 Å². The van der Waals surface area contributed by atoms with Crippen LogP contribution in [0.1, 0.15) is 12.8 Å². The molecule has 0 aliphatic rings. The zero-order chi connectivity index (χ0) is 13.4. The maximum absolute atomic E-state index is 10.8. The van der Waals surface area contributed by atoms with Crippen LogP contribution >= 0.6 is 11.9 Å². The number of nitrogens with zero attached hydrogens (tertiary/aromatic N) is 3. The number of nitro groups is 1. The Labute approximate surface area is 109 Å². The molecule has 0 bridgehead atoms. The van der Waals surface area contributed by atoms with E-state index in [-0.39, 0.29) is 12.1 Å². The van der Waals surface area contributed by atoms with Crippen molar-refractivity contribution in [3.8, 4) is 12.1 Å². The van der Waals surface area contributed by atoms with Crippen molar-refractivity contribution in [2.45, 2.75) is 23.8 Å². The van der Waals surface area contributed by atoms with Crippen LogP contribution in [0.3, 0.4) is 0 Å². The second-order valence-corrected chi connectivity index (χ2v) is 4.20. The van der Waals surface area contributed by atoms with Gasteiger partial charge in [0, 0.05) is 12.5 Å². The predicted octanol–water partition coefficient (Wildman–Crippen LogP) is 2.39. The normalized spacial score (nSPS) is 11.2. The van der Waals surface area contributed by atoms with Crippen molar-refractivity contribution in [1.82, 2.24) is 4.72 Å². The summed E-state index contributed by atoms with van der Waals surface area (Å²) in [5, 5.41) is 28.0. The van der Waals surface area contributed by atoms with Crippen molar-refractivity contribution in [1.29, 1.82) is 10.5 Å². The van der Waals surface area contributed by atoms with Gasteiger partial charge in [0.2, 0.25) is 0 Å². The van der Waals surface area contributed by atoms with Gasteiger partial charge in [0.05, 0.1) is 17.1 Å². The van der Waals surface area contributed by atoms with Gasteiger partial charge < -0.3 is 0 Å². The number of para-hydroxylation sites is 1. The fourth-order valence-corrected chi connectivity index (χ4v) is 2.02. The zero-order valence-electron chi connectivity index (χ0n) is 9.37. The first kappa shape index (κ1) is 14.0. The molecule has 92 valence electrons. The maximum atomic E-state index is 10.8. The van der Waals surface area contributed by atoms with Crippen LogP contribution in [-0.4, -0.2) is 11.0 Å². The van der Waals surface area contributed by atoms with Crippen molar-refractivity contribution < 1.29 is 4.92 Å². The molecular formula is C11H10N4O2S. The summed E-state index contributed by atoms with van der Waals surface area (Å²) in [4.78, 5) is 10.7. The molecule has 1 N–H and O–H groups in total. The highest BCUT2D eigenvalue weighted by Gasteiger charge is 2.14. The molecule has 1 aromatic carbocycles. The topological polar surface area (TPSA) is 103 Å². The van der Waals surface area contributed by atoms with E-state index in [4.69, 9.17) is 10.5 Å². The van der Waals surface area contributed by atoms with Gasteiger partial charge in [-0.25, -0.2) is 4.72 Å². The molecule has 0 spiro atoms. The summed E-state index contributed by atoms with van der Waals surface area (Å²) in [6.45, 7) is 0. The second kappa shape index (κ2) is 7.28. The van der Waals surface area contributed by atoms with E-state index in [2.05, 4.69) is 4.72 Å². The van der Waals surface area contributed by atoms with Crippen LogP contribution in [0.25, 0.3) is 0 Å². The summed E-state index contributed by atoms with van der Waals surface area (Å²) in [7, 11) is 0. The minimum Gasteiger partial charge on any atom is -0.258 e. The lowest BCUT2D eigenvalue weighted by atomic mass is 10.2. The third-order valence-corrected chi connectivity index (χ3v) is 3.04. The van der Waals surface area contributed by atoms with Gasteiger partial charge in [0.25, 0.3) is 5.69 Å². The molecule has 0 radical (unpaired) electrons. The van der Waals surface area contributed by atoms with Crippen LogP contribution < -0.4 is 4.72 Å². The number of nitriles is 2. The number of hydrogen-bond donors (Lipinski definition) is 1. The maximum Gasteiger partial charge on any atom is 0.284 e. The quantitative estimate of drug-likeness (QED) is 0.479. The standard InChI is InChI=1S/C11H10N4O2S/c12-7-3-4-9(8-13)14-18-11-6-2-1-5-10(11)15(16)17/h1-2,5-6,9,14H,3-4H2. The number of hydrogen-bond acceptors (Lipinski definition) is 6. The molecule has 0 saturated carbocycles. The number of benzene rings is 1. The van der Waals surface area contributed by atoms with Crippen LogP contribution in [0.4, 0.5) is 5.69 Å². The van der Waals surface area contributed by atoms with E-state index in [1.54, 1.807) is 18.2 Å². The van der Waals surface area contributed by atoms with Crippen LogP contribution in [0.15, 0.2) is 29.2 Å². The Morgan fingerprint density at radius 3 is 2.78 bits per heavy atom. The highest BCUT2D eigenvalue weighted by Crippen LogP contribution is 2.27. The number of nitrogens with one attached hydrogen (secondary N) is 1. The summed E-state index contributed by atoms with van der Waals surface area (Å²) >= 11 is 1.03. The molecule has 0 aliphatic carbocycles. The van der Waals surface area contributed by atoms with Crippen LogP contribution in [0.2, 0.25) is 0 Å². The van der Waals surface area contributed by atoms with Crippen molar-refractivity contribution in [3.05, 3.63) is 34.4 Å². The van der Waals surface area contributed by atoms with Crippen molar-refractivity contribution in [2.24, 2.45) is 0 Å². The van der Waals surface area contributed by atoms with Crippen molar-refractivity contribution >= 4 is 17.6 Å². The molecule has 1 aromatic rings. The van der Waals surface area contributed by atoms with Gasteiger partial charge in [0.1, 0.15) is 10.9 Å². The minimum absolute atomic E-state index is 0.00743. The average Bonchev–Trinajstić information content (AvgIpc) is 2.39. The fourth-order valence-electron chi connectivity index (χ4n) is 1.19. The lowest BCUT2D eigenvalue weighted by Crippen LogP contribution is -2.20. The van der Waals surface area contributed by atoms with E-state index in [0.29, 0.717) is 11.3 Å². The number of rotatable bonds is 6.